The van der Waals surface area contributed by atoms with Crippen LogP contribution >= 0.6 is 39.7 Å². The van der Waals surface area contributed by atoms with Crippen LogP contribution in [0.5, 0.6) is 0 Å². The molecular weight excluding hydrogens is 434 g/mol. The van der Waals surface area contributed by atoms with Crippen molar-refractivity contribution in [2.75, 3.05) is 18.4 Å². The Kier molecular flexibility index (Phi) is 6.64. The first-order valence-corrected chi connectivity index (χ1v) is 9.98. The fourth-order valence-corrected chi connectivity index (χ4v) is 3.67. The molecule has 0 saturated carbocycles. The van der Waals surface area contributed by atoms with Crippen molar-refractivity contribution in [3.05, 3.63) is 63.1 Å². The van der Waals surface area contributed by atoms with Crippen LogP contribution in [0.2, 0.25) is 5.02 Å². The van der Waals surface area contributed by atoms with E-state index in [4.69, 9.17) is 23.8 Å². The average molecular weight is 453 g/mol. The molecule has 2 N–H and O–H groups in total. The number of carbonyl (C=O) groups is 1. The van der Waals surface area contributed by atoms with Gasteiger partial charge in [0.2, 0.25) is 0 Å². The van der Waals surface area contributed by atoms with E-state index in [0.717, 1.165) is 16.7 Å². The van der Waals surface area contributed by atoms with Crippen molar-refractivity contribution >= 4 is 56.5 Å². The van der Waals surface area contributed by atoms with Crippen LogP contribution in [-0.4, -0.2) is 29.0 Å². The Labute approximate surface area is 172 Å². The molecule has 7 heteroatoms. The molecule has 136 valence electrons. The number of amides is 1. The molecule has 1 aliphatic rings. The summed E-state index contributed by atoms with van der Waals surface area (Å²) in [5, 5.41) is 6.29. The third kappa shape index (κ3) is 5.27. The van der Waals surface area contributed by atoms with Crippen LogP contribution in [-0.2, 0) is 6.54 Å². The molecule has 0 atom stereocenters. The number of benzene rings is 2. The lowest BCUT2D eigenvalue weighted by Crippen LogP contribution is -2.34. The molecule has 0 unspecified atom stereocenters. The van der Waals surface area contributed by atoms with Gasteiger partial charge >= 0.3 is 0 Å². The molecule has 0 aliphatic carbocycles. The first-order valence-electron chi connectivity index (χ1n) is 8.40. The normalized spacial score (nSPS) is 14.2. The minimum Gasteiger partial charge on any atom is -0.332 e. The fourth-order valence-electron chi connectivity index (χ4n) is 2.90. The Hall–Kier alpha value is -1.47. The molecule has 4 nitrogen and oxygen atoms in total. The Morgan fingerprint density at radius 1 is 1.15 bits per heavy atom. The molecule has 2 aromatic rings. The number of hydrogen-bond acceptors (Lipinski definition) is 3. The van der Waals surface area contributed by atoms with Crippen LogP contribution in [0.15, 0.2) is 46.9 Å². The molecule has 0 radical (unpaired) electrons. The van der Waals surface area contributed by atoms with E-state index in [9.17, 15) is 4.79 Å². The van der Waals surface area contributed by atoms with Crippen LogP contribution < -0.4 is 10.6 Å². The monoisotopic (exact) mass is 451 g/mol. The first kappa shape index (κ1) is 19.3. The number of rotatable bonds is 4. The predicted molar refractivity (Wildman–Crippen MR) is 114 cm³/mol. The van der Waals surface area contributed by atoms with Gasteiger partial charge in [0.1, 0.15) is 0 Å². The second-order valence-corrected chi connectivity index (χ2v) is 7.94. The number of anilines is 1. The Bertz CT molecular complexity index is 807. The topological polar surface area (TPSA) is 44.4 Å². The van der Waals surface area contributed by atoms with Gasteiger partial charge in [0.05, 0.1) is 10.6 Å². The Morgan fingerprint density at radius 3 is 2.54 bits per heavy atom. The maximum atomic E-state index is 12.3. The summed E-state index contributed by atoms with van der Waals surface area (Å²) in [7, 11) is 0. The van der Waals surface area contributed by atoms with Gasteiger partial charge in [-0.05, 0) is 74.0 Å². The van der Waals surface area contributed by atoms with E-state index in [0.29, 0.717) is 10.6 Å². The lowest BCUT2D eigenvalue weighted by atomic mass is 10.2. The average Bonchev–Trinajstić information content (AvgIpc) is 3.11. The number of halogens is 2. The van der Waals surface area contributed by atoms with Crippen LogP contribution in [0.1, 0.15) is 28.8 Å². The van der Waals surface area contributed by atoms with Crippen molar-refractivity contribution in [3.8, 4) is 0 Å². The van der Waals surface area contributed by atoms with Crippen LogP contribution in [0.3, 0.4) is 0 Å². The molecule has 1 aliphatic heterocycles. The van der Waals surface area contributed by atoms with Crippen molar-refractivity contribution in [2.24, 2.45) is 0 Å². The summed E-state index contributed by atoms with van der Waals surface area (Å²) in [6.07, 6.45) is 2.57. The predicted octanol–water partition coefficient (Wildman–Crippen LogP) is 4.83. The van der Waals surface area contributed by atoms with Gasteiger partial charge < -0.3 is 5.32 Å². The summed E-state index contributed by atoms with van der Waals surface area (Å²) in [5.74, 6) is -0.348. The van der Waals surface area contributed by atoms with Crippen molar-refractivity contribution in [1.29, 1.82) is 0 Å². The van der Waals surface area contributed by atoms with E-state index >= 15 is 0 Å². The molecule has 1 heterocycles. The summed E-state index contributed by atoms with van der Waals surface area (Å²) >= 11 is 14.6. The quantitative estimate of drug-likeness (QED) is 0.653. The Morgan fingerprint density at radius 2 is 1.85 bits per heavy atom. The van der Waals surface area contributed by atoms with Crippen LogP contribution in [0.4, 0.5) is 5.69 Å². The molecular formula is C19H19BrClN3OS. The zero-order valence-electron chi connectivity index (χ0n) is 14.1. The van der Waals surface area contributed by atoms with Crippen molar-refractivity contribution in [1.82, 2.24) is 10.2 Å². The number of likely N-dealkylation sites (tertiary alicyclic amines) is 1. The maximum absolute atomic E-state index is 12.3. The van der Waals surface area contributed by atoms with E-state index in [-0.39, 0.29) is 11.0 Å². The van der Waals surface area contributed by atoms with Crippen molar-refractivity contribution in [3.63, 3.8) is 0 Å². The summed E-state index contributed by atoms with van der Waals surface area (Å²) in [6.45, 7) is 3.32. The number of hydrogen-bond donors (Lipinski definition) is 2. The number of nitrogens with zero attached hydrogens (tertiary/aromatic N) is 1. The second kappa shape index (κ2) is 8.95. The van der Waals surface area contributed by atoms with Crippen LogP contribution in [0, 0.1) is 0 Å². The Balaban J connectivity index is 1.55. The van der Waals surface area contributed by atoms with Gasteiger partial charge in [-0.3, -0.25) is 15.0 Å². The van der Waals surface area contributed by atoms with Gasteiger partial charge in [0, 0.05) is 16.7 Å². The second-order valence-electron chi connectivity index (χ2n) is 6.21. The smallest absolute Gasteiger partial charge is 0.258 e. The van der Waals surface area contributed by atoms with E-state index in [1.54, 1.807) is 18.2 Å². The third-order valence-electron chi connectivity index (χ3n) is 4.22. The summed E-state index contributed by atoms with van der Waals surface area (Å²) in [5.41, 5.74) is 2.47. The molecule has 1 fully saturated rings. The SMILES string of the molecule is O=C(NC(=S)Nc1ccc(CN2CCCC2)cc1)c1cc(Br)ccc1Cl. The van der Waals surface area contributed by atoms with Crippen LogP contribution in [0.25, 0.3) is 0 Å². The van der Waals surface area contributed by atoms with Crippen molar-refractivity contribution in [2.45, 2.75) is 19.4 Å². The van der Waals surface area contributed by atoms with E-state index in [2.05, 4.69) is 43.6 Å². The van der Waals surface area contributed by atoms with E-state index < -0.39 is 0 Å². The number of thiocarbonyl (C=S) groups is 1. The lowest BCUT2D eigenvalue weighted by Gasteiger charge is -2.15. The minimum atomic E-state index is -0.348. The molecule has 0 bridgehead atoms. The van der Waals surface area contributed by atoms with Crippen molar-refractivity contribution < 1.29 is 4.79 Å². The molecule has 3 rings (SSSR count). The molecule has 0 aromatic heterocycles. The number of nitrogens with one attached hydrogen (secondary N) is 2. The van der Waals surface area contributed by atoms with E-state index in [1.807, 2.05) is 12.1 Å². The fraction of sp³-hybridized carbons (Fsp3) is 0.263. The molecule has 0 spiro atoms. The van der Waals surface area contributed by atoms with Gasteiger partial charge in [0.25, 0.3) is 5.91 Å². The highest BCUT2D eigenvalue weighted by molar-refractivity contribution is 9.10. The highest BCUT2D eigenvalue weighted by atomic mass is 79.9. The zero-order chi connectivity index (χ0) is 18.5. The van der Waals surface area contributed by atoms with Gasteiger partial charge in [-0.25, -0.2) is 0 Å². The summed E-state index contributed by atoms with van der Waals surface area (Å²) < 4.78 is 0.777. The summed E-state index contributed by atoms with van der Waals surface area (Å²) in [6, 6.07) is 13.2. The minimum absolute atomic E-state index is 0.235. The van der Waals surface area contributed by atoms with Gasteiger partial charge in [0.15, 0.2) is 5.11 Å². The maximum Gasteiger partial charge on any atom is 0.258 e. The molecule has 26 heavy (non-hydrogen) atoms. The molecule has 2 aromatic carbocycles. The zero-order valence-corrected chi connectivity index (χ0v) is 17.3. The summed E-state index contributed by atoms with van der Waals surface area (Å²) in [4.78, 5) is 14.8. The number of carbonyl (C=O) groups excluding carboxylic acids is 1. The largest absolute Gasteiger partial charge is 0.332 e. The molecule has 1 saturated heterocycles. The lowest BCUT2D eigenvalue weighted by molar-refractivity contribution is 0.0978. The highest BCUT2D eigenvalue weighted by Gasteiger charge is 2.13. The third-order valence-corrected chi connectivity index (χ3v) is 5.24. The van der Waals surface area contributed by atoms with Gasteiger partial charge in [-0.1, -0.05) is 39.7 Å². The molecule has 1 amide bonds. The van der Waals surface area contributed by atoms with E-state index in [1.165, 1.54) is 31.5 Å². The standard InChI is InChI=1S/C19H19BrClN3OS/c20-14-5-8-17(21)16(11-14)18(25)23-19(26)22-15-6-3-13(4-7-15)12-24-9-1-2-10-24/h3-8,11H,1-2,9-10,12H2,(H2,22,23,25,26). The van der Waals surface area contributed by atoms with Gasteiger partial charge in [-0.2, -0.15) is 0 Å². The highest BCUT2D eigenvalue weighted by Crippen LogP contribution is 2.21. The van der Waals surface area contributed by atoms with Gasteiger partial charge in [-0.15, -0.1) is 0 Å². The first-order chi connectivity index (χ1) is 12.5.